The van der Waals surface area contributed by atoms with Crippen LogP contribution in [-0.4, -0.2) is 33.3 Å². The first-order valence-electron chi connectivity index (χ1n) is 6.10. The Bertz CT molecular complexity index is 445. The fraction of sp³-hybridized carbons (Fsp3) is 0.500. The molecule has 1 aliphatic rings. The first kappa shape index (κ1) is 12.9. The molecule has 0 saturated carbocycles. The van der Waals surface area contributed by atoms with Gasteiger partial charge in [-0.3, -0.25) is 4.79 Å². The first-order chi connectivity index (χ1) is 8.67. The molecule has 2 atom stereocenters. The predicted octanol–water partition coefficient (Wildman–Crippen LogP) is 1.48. The molecule has 0 amide bonds. The average molecular weight is 249 g/mol. The Morgan fingerprint density at radius 3 is 2.78 bits per heavy atom. The minimum Gasteiger partial charge on any atom is -0.496 e. The zero-order valence-corrected chi connectivity index (χ0v) is 11.0. The Balaban J connectivity index is 2.35. The van der Waals surface area contributed by atoms with E-state index in [4.69, 9.17) is 9.47 Å². The highest BCUT2D eigenvalue weighted by Gasteiger charge is 2.36. The molecule has 1 aromatic carbocycles. The summed E-state index contributed by atoms with van der Waals surface area (Å²) < 4.78 is 10.3. The summed E-state index contributed by atoms with van der Waals surface area (Å²) in [6.07, 6.45) is 0. The SMILES string of the molecule is COC(=O)[C@@H]1CNC[C@H]1c1cc(C)ccc1OC. The number of carbonyl (C=O) groups excluding carboxylic acids is 1. The molecular formula is C14H19NO3. The summed E-state index contributed by atoms with van der Waals surface area (Å²) in [4.78, 5) is 11.8. The van der Waals surface area contributed by atoms with Crippen molar-refractivity contribution in [2.45, 2.75) is 12.8 Å². The number of benzene rings is 1. The normalized spacial score (nSPS) is 22.8. The molecule has 1 aliphatic heterocycles. The molecule has 4 heteroatoms. The number of ether oxygens (including phenoxy) is 2. The van der Waals surface area contributed by atoms with Crippen molar-refractivity contribution in [3.8, 4) is 5.75 Å². The molecule has 98 valence electrons. The number of methoxy groups -OCH3 is 2. The fourth-order valence-electron chi connectivity index (χ4n) is 2.55. The second-order valence-corrected chi connectivity index (χ2v) is 4.64. The zero-order chi connectivity index (χ0) is 13.1. The Kier molecular flexibility index (Phi) is 3.87. The summed E-state index contributed by atoms with van der Waals surface area (Å²) in [6, 6.07) is 6.06. The van der Waals surface area contributed by atoms with Crippen molar-refractivity contribution >= 4 is 5.97 Å². The monoisotopic (exact) mass is 249 g/mol. The lowest BCUT2D eigenvalue weighted by Crippen LogP contribution is -2.23. The van der Waals surface area contributed by atoms with Crippen LogP contribution in [0.3, 0.4) is 0 Å². The molecule has 2 rings (SSSR count). The van der Waals surface area contributed by atoms with Gasteiger partial charge in [-0.05, 0) is 18.6 Å². The quantitative estimate of drug-likeness (QED) is 0.824. The lowest BCUT2D eigenvalue weighted by Gasteiger charge is -2.19. The van der Waals surface area contributed by atoms with Gasteiger partial charge in [0.15, 0.2) is 0 Å². The maximum Gasteiger partial charge on any atom is 0.310 e. The van der Waals surface area contributed by atoms with E-state index in [1.807, 2.05) is 19.1 Å². The number of rotatable bonds is 3. The molecule has 1 N–H and O–H groups in total. The average Bonchev–Trinajstić information content (AvgIpc) is 2.86. The topological polar surface area (TPSA) is 47.6 Å². The Morgan fingerprint density at radius 2 is 2.11 bits per heavy atom. The van der Waals surface area contributed by atoms with Crippen molar-refractivity contribution in [1.29, 1.82) is 0 Å². The minimum atomic E-state index is -0.159. The number of esters is 1. The van der Waals surface area contributed by atoms with Gasteiger partial charge in [-0.1, -0.05) is 17.7 Å². The molecule has 0 aromatic heterocycles. The van der Waals surface area contributed by atoms with Crippen LogP contribution in [0.25, 0.3) is 0 Å². The number of nitrogens with one attached hydrogen (secondary N) is 1. The van der Waals surface area contributed by atoms with Gasteiger partial charge >= 0.3 is 5.97 Å². The Labute approximate surface area is 107 Å². The number of hydrogen-bond donors (Lipinski definition) is 1. The third-order valence-corrected chi connectivity index (χ3v) is 3.50. The molecular weight excluding hydrogens is 230 g/mol. The van der Waals surface area contributed by atoms with Crippen LogP contribution in [0.2, 0.25) is 0 Å². The number of aryl methyl sites for hydroxylation is 1. The van der Waals surface area contributed by atoms with Crippen molar-refractivity contribution in [3.63, 3.8) is 0 Å². The molecule has 1 saturated heterocycles. The molecule has 1 heterocycles. The maximum absolute atomic E-state index is 11.8. The Hall–Kier alpha value is -1.55. The van der Waals surface area contributed by atoms with Gasteiger partial charge in [0.05, 0.1) is 20.1 Å². The van der Waals surface area contributed by atoms with Crippen LogP contribution in [0, 0.1) is 12.8 Å². The van der Waals surface area contributed by atoms with Gasteiger partial charge in [0.2, 0.25) is 0 Å². The van der Waals surface area contributed by atoms with Crippen LogP contribution >= 0.6 is 0 Å². The van der Waals surface area contributed by atoms with Crippen LogP contribution in [0.4, 0.5) is 0 Å². The maximum atomic E-state index is 11.8. The Morgan fingerprint density at radius 1 is 1.33 bits per heavy atom. The van der Waals surface area contributed by atoms with E-state index >= 15 is 0 Å². The van der Waals surface area contributed by atoms with E-state index < -0.39 is 0 Å². The van der Waals surface area contributed by atoms with Crippen LogP contribution < -0.4 is 10.1 Å². The fourth-order valence-corrected chi connectivity index (χ4v) is 2.55. The van der Waals surface area contributed by atoms with Gasteiger partial charge in [-0.15, -0.1) is 0 Å². The van der Waals surface area contributed by atoms with Crippen LogP contribution in [0.1, 0.15) is 17.0 Å². The standard InChI is InChI=1S/C14H19NO3/c1-9-4-5-13(17-2)10(6-9)11-7-15-8-12(11)14(16)18-3/h4-6,11-12,15H,7-8H2,1-3H3/t11-,12+/m0/s1. The smallest absolute Gasteiger partial charge is 0.310 e. The molecule has 0 spiro atoms. The second kappa shape index (κ2) is 5.40. The number of hydrogen-bond acceptors (Lipinski definition) is 4. The van der Waals surface area contributed by atoms with Gasteiger partial charge in [0, 0.05) is 19.0 Å². The summed E-state index contributed by atoms with van der Waals surface area (Å²) in [5, 5.41) is 3.25. The van der Waals surface area contributed by atoms with E-state index in [-0.39, 0.29) is 17.8 Å². The van der Waals surface area contributed by atoms with Crippen LogP contribution in [0.5, 0.6) is 5.75 Å². The molecule has 4 nitrogen and oxygen atoms in total. The summed E-state index contributed by atoms with van der Waals surface area (Å²) in [5.74, 6) is 0.662. The highest BCUT2D eigenvalue weighted by atomic mass is 16.5. The molecule has 0 unspecified atom stereocenters. The summed E-state index contributed by atoms with van der Waals surface area (Å²) in [6.45, 7) is 3.48. The van der Waals surface area contributed by atoms with Crippen molar-refractivity contribution in [3.05, 3.63) is 29.3 Å². The first-order valence-corrected chi connectivity index (χ1v) is 6.10. The van der Waals surface area contributed by atoms with E-state index in [1.54, 1.807) is 7.11 Å². The van der Waals surface area contributed by atoms with E-state index in [1.165, 1.54) is 12.7 Å². The van der Waals surface area contributed by atoms with Gasteiger partial charge < -0.3 is 14.8 Å². The molecule has 18 heavy (non-hydrogen) atoms. The lowest BCUT2D eigenvalue weighted by molar-refractivity contribution is -0.145. The third-order valence-electron chi connectivity index (χ3n) is 3.50. The van der Waals surface area contributed by atoms with Crippen LogP contribution in [0.15, 0.2) is 18.2 Å². The van der Waals surface area contributed by atoms with Crippen LogP contribution in [-0.2, 0) is 9.53 Å². The predicted molar refractivity (Wildman–Crippen MR) is 68.8 cm³/mol. The summed E-state index contributed by atoms with van der Waals surface area (Å²) >= 11 is 0. The van der Waals surface area contributed by atoms with Gasteiger partial charge in [0.25, 0.3) is 0 Å². The highest BCUT2D eigenvalue weighted by molar-refractivity contribution is 5.74. The molecule has 1 fully saturated rings. The summed E-state index contributed by atoms with van der Waals surface area (Å²) in [7, 11) is 3.09. The zero-order valence-electron chi connectivity index (χ0n) is 11.0. The molecule has 0 bridgehead atoms. The second-order valence-electron chi connectivity index (χ2n) is 4.64. The lowest BCUT2D eigenvalue weighted by atomic mass is 9.87. The summed E-state index contributed by atoms with van der Waals surface area (Å²) in [5.41, 5.74) is 2.25. The van der Waals surface area contributed by atoms with Crippen molar-refractivity contribution in [2.24, 2.45) is 5.92 Å². The van der Waals surface area contributed by atoms with Crippen molar-refractivity contribution in [2.75, 3.05) is 27.3 Å². The van der Waals surface area contributed by atoms with E-state index in [9.17, 15) is 4.79 Å². The van der Waals surface area contributed by atoms with E-state index in [2.05, 4.69) is 11.4 Å². The molecule has 0 aliphatic carbocycles. The van der Waals surface area contributed by atoms with E-state index in [0.29, 0.717) is 6.54 Å². The largest absolute Gasteiger partial charge is 0.496 e. The third kappa shape index (κ3) is 2.34. The van der Waals surface area contributed by atoms with Gasteiger partial charge in [0.1, 0.15) is 5.75 Å². The van der Waals surface area contributed by atoms with Gasteiger partial charge in [-0.2, -0.15) is 0 Å². The molecule has 1 aromatic rings. The van der Waals surface area contributed by atoms with Gasteiger partial charge in [-0.25, -0.2) is 0 Å². The molecule has 0 radical (unpaired) electrons. The number of carbonyl (C=O) groups is 1. The van der Waals surface area contributed by atoms with Crippen molar-refractivity contribution in [1.82, 2.24) is 5.32 Å². The van der Waals surface area contributed by atoms with E-state index in [0.717, 1.165) is 17.9 Å². The minimum absolute atomic E-state index is 0.118. The highest BCUT2D eigenvalue weighted by Crippen LogP contribution is 2.35. The van der Waals surface area contributed by atoms with Crippen molar-refractivity contribution < 1.29 is 14.3 Å².